The quantitative estimate of drug-likeness (QED) is 0.706. The highest BCUT2D eigenvalue weighted by atomic mass is 16.6. The number of nitrogens with one attached hydrogen (secondary N) is 2. The molecule has 1 saturated heterocycles. The minimum Gasteiger partial charge on any atom is -0.349 e. The van der Waals surface area contributed by atoms with Crippen LogP contribution in [0, 0.1) is 0 Å². The van der Waals surface area contributed by atoms with Crippen LogP contribution in [0.3, 0.4) is 0 Å². The third-order valence-corrected chi connectivity index (χ3v) is 4.39. The van der Waals surface area contributed by atoms with Gasteiger partial charge in [0.25, 0.3) is 11.8 Å². The van der Waals surface area contributed by atoms with E-state index in [0.29, 0.717) is 12.1 Å². The zero-order valence-corrected chi connectivity index (χ0v) is 15.8. The number of hydrogen-bond acceptors (Lipinski definition) is 4. The maximum Gasteiger partial charge on any atom is 0.256 e. The molecule has 2 unspecified atom stereocenters. The second-order valence-corrected chi connectivity index (χ2v) is 6.82. The van der Waals surface area contributed by atoms with Crippen molar-refractivity contribution in [3.8, 4) is 0 Å². The zero-order valence-electron chi connectivity index (χ0n) is 15.8. The van der Waals surface area contributed by atoms with Crippen LogP contribution in [0.5, 0.6) is 0 Å². The lowest BCUT2D eigenvalue weighted by molar-refractivity contribution is -0.134. The summed E-state index contributed by atoms with van der Waals surface area (Å²) in [6, 6.07) is 17.6. The normalized spacial score (nSPS) is 18.6. The maximum atomic E-state index is 12.5. The molecule has 1 aliphatic heterocycles. The van der Waals surface area contributed by atoms with Crippen molar-refractivity contribution in [2.75, 3.05) is 19.4 Å². The summed E-state index contributed by atoms with van der Waals surface area (Å²) in [4.78, 5) is 38.6. The Hall–Kier alpha value is -3.19. The van der Waals surface area contributed by atoms with Crippen molar-refractivity contribution in [3.63, 3.8) is 0 Å². The number of carbonyl (C=O) groups is 3. The average Bonchev–Trinajstić information content (AvgIpc) is 3.49. The van der Waals surface area contributed by atoms with E-state index in [2.05, 4.69) is 10.6 Å². The minimum atomic E-state index is -0.892. The van der Waals surface area contributed by atoms with Gasteiger partial charge in [0.2, 0.25) is 5.91 Å². The van der Waals surface area contributed by atoms with Gasteiger partial charge in [-0.25, -0.2) is 0 Å². The van der Waals surface area contributed by atoms with Gasteiger partial charge in [-0.05, 0) is 17.7 Å². The first-order chi connectivity index (χ1) is 13.5. The molecule has 1 heterocycles. The summed E-state index contributed by atoms with van der Waals surface area (Å²) in [5, 5.41) is 5.43. The Balaban J connectivity index is 1.59. The van der Waals surface area contributed by atoms with Gasteiger partial charge in [-0.15, -0.1) is 0 Å². The Morgan fingerprint density at radius 2 is 1.50 bits per heavy atom. The standard InChI is InChI=1S/C21H23N3O4/c1-24(2)21(27)16(13-14-9-5-3-6-10-14)23-20(26)18-17(28-18)19(25)22-15-11-7-4-8-12-15/h3-12,16-18H,13H2,1-2H3,(H,22,25)(H,23,26)/t16-,17?,18?/m0/s1. The molecule has 1 fully saturated rings. The zero-order chi connectivity index (χ0) is 20.1. The number of epoxide rings is 1. The number of likely N-dealkylation sites (N-methyl/N-ethyl adjacent to an activating group) is 1. The van der Waals surface area contributed by atoms with Gasteiger partial charge in [-0.3, -0.25) is 14.4 Å². The van der Waals surface area contributed by atoms with Crippen molar-refractivity contribution in [2.45, 2.75) is 24.7 Å². The topological polar surface area (TPSA) is 91.0 Å². The fourth-order valence-corrected chi connectivity index (χ4v) is 2.86. The summed E-state index contributed by atoms with van der Waals surface area (Å²) in [6.45, 7) is 0. The van der Waals surface area contributed by atoms with E-state index in [9.17, 15) is 14.4 Å². The van der Waals surface area contributed by atoms with E-state index >= 15 is 0 Å². The average molecular weight is 381 g/mol. The Labute approximate surface area is 163 Å². The first-order valence-corrected chi connectivity index (χ1v) is 9.02. The predicted molar refractivity (Wildman–Crippen MR) is 105 cm³/mol. The number of benzene rings is 2. The van der Waals surface area contributed by atoms with Crippen LogP contribution in [0.2, 0.25) is 0 Å². The van der Waals surface area contributed by atoms with Crippen LogP contribution in [-0.4, -0.2) is 55.0 Å². The van der Waals surface area contributed by atoms with E-state index in [-0.39, 0.29) is 11.8 Å². The lowest BCUT2D eigenvalue weighted by atomic mass is 10.0. The molecule has 0 bridgehead atoms. The van der Waals surface area contributed by atoms with E-state index in [1.165, 1.54) is 4.90 Å². The van der Waals surface area contributed by atoms with Crippen LogP contribution in [0.1, 0.15) is 5.56 Å². The Kier molecular flexibility index (Phi) is 6.06. The maximum absolute atomic E-state index is 12.5. The van der Waals surface area contributed by atoms with E-state index < -0.39 is 24.2 Å². The SMILES string of the molecule is CN(C)C(=O)[C@H](Cc1ccccc1)NC(=O)C1OC1C(=O)Nc1ccccc1. The van der Waals surface area contributed by atoms with Gasteiger partial charge in [0.05, 0.1) is 0 Å². The molecule has 0 spiro atoms. The molecular weight excluding hydrogens is 358 g/mol. The third kappa shape index (κ3) is 4.95. The molecule has 3 amide bonds. The van der Waals surface area contributed by atoms with Gasteiger partial charge in [0.1, 0.15) is 6.04 Å². The summed E-state index contributed by atoms with van der Waals surface area (Å²) in [7, 11) is 3.27. The van der Waals surface area contributed by atoms with Crippen LogP contribution in [-0.2, 0) is 25.5 Å². The highest BCUT2D eigenvalue weighted by Gasteiger charge is 2.51. The molecule has 28 heavy (non-hydrogen) atoms. The van der Waals surface area contributed by atoms with E-state index in [1.807, 2.05) is 36.4 Å². The summed E-state index contributed by atoms with van der Waals surface area (Å²) in [5.41, 5.74) is 1.56. The molecule has 0 aliphatic carbocycles. The fourth-order valence-electron chi connectivity index (χ4n) is 2.86. The van der Waals surface area contributed by atoms with E-state index in [0.717, 1.165) is 5.56 Å². The number of amides is 3. The van der Waals surface area contributed by atoms with E-state index in [4.69, 9.17) is 4.74 Å². The lowest BCUT2D eigenvalue weighted by Crippen LogP contribution is -2.49. The summed E-state index contributed by atoms with van der Waals surface area (Å²) in [6.07, 6.45) is -1.39. The number of carbonyl (C=O) groups excluding carboxylic acids is 3. The van der Waals surface area contributed by atoms with Crippen LogP contribution in [0.25, 0.3) is 0 Å². The number of ether oxygens (including phenoxy) is 1. The van der Waals surface area contributed by atoms with Gasteiger partial charge in [-0.1, -0.05) is 48.5 Å². The molecule has 2 N–H and O–H groups in total. The monoisotopic (exact) mass is 381 g/mol. The van der Waals surface area contributed by atoms with Gasteiger partial charge in [0.15, 0.2) is 12.2 Å². The van der Waals surface area contributed by atoms with Crippen LogP contribution in [0.4, 0.5) is 5.69 Å². The van der Waals surface area contributed by atoms with Crippen molar-refractivity contribution >= 4 is 23.4 Å². The molecule has 146 valence electrons. The Morgan fingerprint density at radius 1 is 0.929 bits per heavy atom. The van der Waals surface area contributed by atoms with Crippen LogP contribution >= 0.6 is 0 Å². The number of para-hydroxylation sites is 1. The van der Waals surface area contributed by atoms with Gasteiger partial charge in [0, 0.05) is 26.2 Å². The molecule has 0 aromatic heterocycles. The van der Waals surface area contributed by atoms with Gasteiger partial charge >= 0.3 is 0 Å². The van der Waals surface area contributed by atoms with Crippen molar-refractivity contribution < 1.29 is 19.1 Å². The van der Waals surface area contributed by atoms with Crippen molar-refractivity contribution in [1.82, 2.24) is 10.2 Å². The van der Waals surface area contributed by atoms with Crippen LogP contribution < -0.4 is 10.6 Å². The first-order valence-electron chi connectivity index (χ1n) is 9.02. The first kappa shape index (κ1) is 19.6. The molecule has 7 heteroatoms. The molecule has 3 atom stereocenters. The smallest absolute Gasteiger partial charge is 0.256 e. The van der Waals surface area contributed by atoms with Crippen LogP contribution in [0.15, 0.2) is 60.7 Å². The molecular formula is C21H23N3O4. The third-order valence-electron chi connectivity index (χ3n) is 4.39. The van der Waals surface area contributed by atoms with Crippen molar-refractivity contribution in [3.05, 3.63) is 66.2 Å². The highest BCUT2D eigenvalue weighted by Crippen LogP contribution is 2.24. The second-order valence-electron chi connectivity index (χ2n) is 6.82. The Morgan fingerprint density at radius 3 is 2.11 bits per heavy atom. The predicted octanol–water partition coefficient (Wildman–Crippen LogP) is 1.21. The largest absolute Gasteiger partial charge is 0.349 e. The lowest BCUT2D eigenvalue weighted by Gasteiger charge is -2.21. The highest BCUT2D eigenvalue weighted by molar-refractivity contribution is 6.02. The molecule has 1 aliphatic rings. The molecule has 7 nitrogen and oxygen atoms in total. The summed E-state index contributed by atoms with van der Waals surface area (Å²) in [5.74, 6) is -1.07. The molecule has 0 radical (unpaired) electrons. The molecule has 0 saturated carbocycles. The number of nitrogens with zero attached hydrogens (tertiary/aromatic N) is 1. The van der Waals surface area contributed by atoms with Crippen molar-refractivity contribution in [2.24, 2.45) is 0 Å². The van der Waals surface area contributed by atoms with E-state index in [1.54, 1.807) is 38.4 Å². The van der Waals surface area contributed by atoms with Crippen molar-refractivity contribution in [1.29, 1.82) is 0 Å². The summed E-state index contributed by atoms with van der Waals surface area (Å²) < 4.78 is 5.26. The number of hydrogen-bond donors (Lipinski definition) is 2. The Bertz CT molecular complexity index is 839. The summed E-state index contributed by atoms with van der Waals surface area (Å²) >= 11 is 0. The second kappa shape index (κ2) is 8.67. The fraction of sp³-hybridized carbons (Fsp3) is 0.286. The molecule has 3 rings (SSSR count). The van der Waals surface area contributed by atoms with Gasteiger partial charge in [-0.2, -0.15) is 0 Å². The molecule has 2 aromatic carbocycles. The van der Waals surface area contributed by atoms with Gasteiger partial charge < -0.3 is 20.3 Å². The number of rotatable bonds is 7. The minimum absolute atomic E-state index is 0.219. The molecule has 2 aromatic rings. The number of anilines is 1.